The Morgan fingerprint density at radius 1 is 1.03 bits per heavy atom. The Morgan fingerprint density at radius 3 is 2.12 bits per heavy atom. The molecule has 4 nitrogen and oxygen atoms in total. The minimum atomic E-state index is -4.84. The quantitative estimate of drug-likeness (QED) is 0.371. The van der Waals surface area contributed by atoms with Crippen LogP contribution in [0.3, 0.4) is 0 Å². The smallest absolute Gasteiger partial charge is 0.294 e. The summed E-state index contributed by atoms with van der Waals surface area (Å²) >= 11 is 11.6. The highest BCUT2D eigenvalue weighted by Crippen LogP contribution is 2.36. The van der Waals surface area contributed by atoms with Gasteiger partial charge in [-0.15, -0.1) is 0 Å². The van der Waals surface area contributed by atoms with E-state index in [9.17, 15) is 31.2 Å². The molecule has 0 bridgehead atoms. The molecule has 1 aliphatic rings. The lowest BCUT2D eigenvalue weighted by molar-refractivity contribution is -0.0689. The highest BCUT2D eigenvalue weighted by molar-refractivity contribution is 7.92. The summed E-state index contributed by atoms with van der Waals surface area (Å²) in [5, 5.41) is -0.0128. The number of allylic oxidation sites excluding steroid dienone is 2. The molecule has 170 valence electrons. The SMILES string of the molecule is Cc1cc(C(=O)/C=C(\c2cc(Cl)cc(Cl)c2)C(F)(F)F)ccc1C(=O)CC1CS(=O)(=O)C1. The van der Waals surface area contributed by atoms with Crippen molar-refractivity contribution in [2.24, 2.45) is 5.92 Å². The predicted molar refractivity (Wildman–Crippen MR) is 117 cm³/mol. The van der Waals surface area contributed by atoms with Crippen molar-refractivity contribution in [2.75, 3.05) is 11.5 Å². The molecule has 0 N–H and O–H groups in total. The van der Waals surface area contributed by atoms with Crippen molar-refractivity contribution in [2.45, 2.75) is 19.5 Å². The number of hydrogen-bond donors (Lipinski definition) is 0. The Morgan fingerprint density at radius 2 is 1.62 bits per heavy atom. The maximum atomic E-state index is 13.6. The second kappa shape index (κ2) is 9.00. The van der Waals surface area contributed by atoms with Gasteiger partial charge in [0.25, 0.3) is 0 Å². The predicted octanol–water partition coefficient (Wildman–Crippen LogP) is 5.75. The van der Waals surface area contributed by atoms with Gasteiger partial charge in [0.1, 0.15) is 0 Å². The van der Waals surface area contributed by atoms with Crippen molar-refractivity contribution in [3.8, 4) is 0 Å². The van der Waals surface area contributed by atoms with Crippen LogP contribution in [0.25, 0.3) is 5.57 Å². The normalized spacial score (nSPS) is 16.5. The van der Waals surface area contributed by atoms with Crippen molar-refractivity contribution in [1.29, 1.82) is 0 Å². The van der Waals surface area contributed by atoms with Crippen molar-refractivity contribution < 1.29 is 31.2 Å². The molecule has 3 rings (SSSR count). The van der Waals surface area contributed by atoms with Crippen LogP contribution < -0.4 is 0 Å². The average Bonchev–Trinajstić information content (AvgIpc) is 2.62. The summed E-state index contributed by atoms with van der Waals surface area (Å²) in [5.74, 6) is -1.49. The third kappa shape index (κ3) is 5.79. The summed E-state index contributed by atoms with van der Waals surface area (Å²) in [6.07, 6.45) is -4.31. The Hall–Kier alpha value is -2.16. The molecule has 0 spiro atoms. The van der Waals surface area contributed by atoms with Gasteiger partial charge in [-0.1, -0.05) is 35.3 Å². The largest absolute Gasteiger partial charge is 0.417 e. The number of rotatable bonds is 6. The molecule has 0 amide bonds. The first-order valence-corrected chi connectivity index (χ1v) is 12.0. The van der Waals surface area contributed by atoms with E-state index in [1.807, 2.05) is 0 Å². The standard InChI is InChI=1S/C22H17Cl2F3O4S/c1-12-4-14(2-3-18(12)21(29)5-13-10-32(30,31)11-13)20(28)9-19(22(25,26)27)15-6-16(23)8-17(24)7-15/h2-4,6-9,13H,5,10-11H2,1H3/b19-9+. The number of benzene rings is 2. The molecule has 10 heteroatoms. The van der Waals surface area contributed by atoms with E-state index in [1.54, 1.807) is 6.92 Å². The van der Waals surface area contributed by atoms with Crippen LogP contribution in [-0.2, 0) is 9.84 Å². The number of carbonyl (C=O) groups is 2. The Bertz CT molecular complexity index is 1200. The van der Waals surface area contributed by atoms with Crippen molar-refractivity contribution in [3.05, 3.63) is 74.8 Å². The van der Waals surface area contributed by atoms with Crippen LogP contribution in [0.4, 0.5) is 13.2 Å². The Labute approximate surface area is 192 Å². The van der Waals surface area contributed by atoms with Gasteiger partial charge in [-0.05, 0) is 54.3 Å². The molecule has 32 heavy (non-hydrogen) atoms. The highest BCUT2D eigenvalue weighted by atomic mass is 35.5. The maximum absolute atomic E-state index is 13.6. The van der Waals surface area contributed by atoms with Crippen molar-refractivity contribution in [1.82, 2.24) is 0 Å². The third-order valence-electron chi connectivity index (χ3n) is 5.02. The van der Waals surface area contributed by atoms with Crippen LogP contribution in [0.1, 0.15) is 38.3 Å². The van der Waals surface area contributed by atoms with Gasteiger partial charge in [-0.2, -0.15) is 13.2 Å². The molecule has 0 unspecified atom stereocenters. The molecule has 2 aromatic rings. The minimum absolute atomic E-state index is 0.00642. The zero-order chi connectivity index (χ0) is 23.8. The molecular formula is C22H17Cl2F3O4S. The first-order chi connectivity index (χ1) is 14.7. The first-order valence-electron chi connectivity index (χ1n) is 9.39. The Balaban J connectivity index is 1.86. The zero-order valence-corrected chi connectivity index (χ0v) is 19.0. The van der Waals surface area contributed by atoms with Gasteiger partial charge < -0.3 is 0 Å². The molecule has 0 saturated carbocycles. The molecule has 1 aliphatic heterocycles. The van der Waals surface area contributed by atoms with Gasteiger partial charge in [0.2, 0.25) is 0 Å². The minimum Gasteiger partial charge on any atom is -0.294 e. The van der Waals surface area contributed by atoms with E-state index in [2.05, 4.69) is 0 Å². The fourth-order valence-corrected chi connectivity index (χ4v) is 5.64. The molecule has 0 atom stereocenters. The van der Waals surface area contributed by atoms with Crippen molar-refractivity contribution in [3.63, 3.8) is 0 Å². The number of Topliss-reactive ketones (excluding diaryl/α,β-unsaturated/α-hetero) is 1. The van der Waals surface area contributed by atoms with Crippen LogP contribution in [0.5, 0.6) is 0 Å². The van der Waals surface area contributed by atoms with Crippen LogP contribution >= 0.6 is 23.2 Å². The first kappa shape index (κ1) is 24.5. The molecule has 1 heterocycles. The van der Waals surface area contributed by atoms with Crippen LogP contribution in [0, 0.1) is 12.8 Å². The summed E-state index contributed by atoms with van der Waals surface area (Å²) in [6.45, 7) is 1.56. The number of aryl methyl sites for hydroxylation is 1. The van der Waals surface area contributed by atoms with E-state index in [4.69, 9.17) is 23.2 Å². The third-order valence-corrected chi connectivity index (χ3v) is 7.41. The van der Waals surface area contributed by atoms with E-state index >= 15 is 0 Å². The number of carbonyl (C=O) groups excluding carboxylic acids is 2. The average molecular weight is 505 g/mol. The second-order valence-electron chi connectivity index (χ2n) is 7.68. The summed E-state index contributed by atoms with van der Waals surface area (Å²) in [4.78, 5) is 25.0. The summed E-state index contributed by atoms with van der Waals surface area (Å²) in [5.41, 5.74) is -0.860. The van der Waals surface area contributed by atoms with E-state index in [0.29, 0.717) is 17.2 Å². The maximum Gasteiger partial charge on any atom is 0.417 e. The molecule has 0 radical (unpaired) electrons. The molecule has 2 aromatic carbocycles. The lowest BCUT2D eigenvalue weighted by Crippen LogP contribution is -2.37. The number of sulfone groups is 1. The number of ketones is 2. The van der Waals surface area contributed by atoms with Gasteiger partial charge >= 0.3 is 6.18 Å². The number of halogens is 5. The van der Waals surface area contributed by atoms with E-state index < -0.39 is 27.4 Å². The summed E-state index contributed by atoms with van der Waals surface area (Å²) in [7, 11) is -3.05. The van der Waals surface area contributed by atoms with Gasteiger partial charge in [-0.3, -0.25) is 9.59 Å². The molecular weight excluding hydrogens is 488 g/mol. The highest BCUT2D eigenvalue weighted by Gasteiger charge is 2.36. The lowest BCUT2D eigenvalue weighted by Gasteiger charge is -2.25. The van der Waals surface area contributed by atoms with Gasteiger partial charge in [0.15, 0.2) is 21.4 Å². The van der Waals surface area contributed by atoms with E-state index in [0.717, 1.165) is 12.1 Å². The van der Waals surface area contributed by atoms with Gasteiger partial charge in [0, 0.05) is 27.6 Å². The molecule has 0 aliphatic carbocycles. The van der Waals surface area contributed by atoms with Crippen LogP contribution in [-0.4, -0.2) is 37.7 Å². The monoisotopic (exact) mass is 504 g/mol. The Kier molecular flexibility index (Phi) is 6.88. The summed E-state index contributed by atoms with van der Waals surface area (Å²) in [6, 6.07) is 7.38. The lowest BCUT2D eigenvalue weighted by atomic mass is 9.94. The molecule has 1 saturated heterocycles. The van der Waals surface area contributed by atoms with E-state index in [1.165, 1.54) is 24.3 Å². The number of hydrogen-bond acceptors (Lipinski definition) is 4. The number of alkyl halides is 3. The summed E-state index contributed by atoms with van der Waals surface area (Å²) < 4.78 is 63.3. The van der Waals surface area contributed by atoms with Crippen LogP contribution in [0.15, 0.2) is 42.5 Å². The molecule has 0 aromatic heterocycles. The van der Waals surface area contributed by atoms with Gasteiger partial charge in [-0.25, -0.2) is 8.42 Å². The molecule has 1 fully saturated rings. The van der Waals surface area contributed by atoms with Crippen LogP contribution in [0.2, 0.25) is 10.0 Å². The van der Waals surface area contributed by atoms with Gasteiger partial charge in [0.05, 0.1) is 17.1 Å². The zero-order valence-electron chi connectivity index (χ0n) is 16.7. The van der Waals surface area contributed by atoms with Crippen molar-refractivity contribution >= 4 is 50.2 Å². The van der Waals surface area contributed by atoms with E-state index in [-0.39, 0.29) is 50.8 Å². The topological polar surface area (TPSA) is 68.3 Å². The second-order valence-corrected chi connectivity index (χ2v) is 10.7. The fraction of sp³-hybridized carbons (Fsp3) is 0.273. The fourth-order valence-electron chi connectivity index (χ4n) is 3.54.